The van der Waals surface area contributed by atoms with Crippen LogP contribution in [0.4, 0.5) is 5.95 Å². The van der Waals surface area contributed by atoms with Crippen molar-refractivity contribution in [3.63, 3.8) is 0 Å². The first-order chi connectivity index (χ1) is 8.74. The topological polar surface area (TPSA) is 72.1 Å². The summed E-state index contributed by atoms with van der Waals surface area (Å²) < 4.78 is 0. The molecule has 1 saturated heterocycles. The van der Waals surface area contributed by atoms with E-state index in [2.05, 4.69) is 9.97 Å². The third kappa shape index (κ3) is 2.05. The minimum Gasteiger partial charge on any atom is -0.368 e. The predicted molar refractivity (Wildman–Crippen MR) is 67.7 cm³/mol. The van der Waals surface area contributed by atoms with E-state index < -0.39 is 0 Å². The first-order valence-electron chi connectivity index (χ1n) is 6.61. The lowest BCUT2D eigenvalue weighted by Gasteiger charge is -2.40. The van der Waals surface area contributed by atoms with Crippen LogP contribution < -0.4 is 5.73 Å². The Balaban J connectivity index is 1.58. The fourth-order valence-corrected chi connectivity index (χ4v) is 2.89. The first-order valence-corrected chi connectivity index (χ1v) is 6.61. The lowest BCUT2D eigenvalue weighted by Crippen LogP contribution is -2.50. The van der Waals surface area contributed by atoms with E-state index in [1.165, 1.54) is 12.8 Å². The quantitative estimate of drug-likeness (QED) is 0.850. The molecule has 0 aromatic carbocycles. The smallest absolute Gasteiger partial charge is 0.225 e. The Morgan fingerprint density at radius 1 is 1.33 bits per heavy atom. The molecule has 1 aliphatic carbocycles. The van der Waals surface area contributed by atoms with Crippen LogP contribution in [-0.2, 0) is 4.79 Å². The zero-order valence-corrected chi connectivity index (χ0v) is 10.4. The van der Waals surface area contributed by atoms with E-state index in [4.69, 9.17) is 5.73 Å². The van der Waals surface area contributed by atoms with Gasteiger partial charge in [0.15, 0.2) is 0 Å². The molecule has 5 nitrogen and oxygen atoms in total. The largest absolute Gasteiger partial charge is 0.368 e. The first kappa shape index (κ1) is 11.4. The van der Waals surface area contributed by atoms with Crippen molar-refractivity contribution in [3.05, 3.63) is 18.0 Å². The number of nitrogens with zero attached hydrogens (tertiary/aromatic N) is 3. The lowest BCUT2D eigenvalue weighted by molar-refractivity contribution is -0.139. The van der Waals surface area contributed by atoms with Gasteiger partial charge >= 0.3 is 0 Å². The number of hydrogen-bond donors (Lipinski definition) is 1. The van der Waals surface area contributed by atoms with Crippen molar-refractivity contribution in [2.24, 2.45) is 5.92 Å². The van der Waals surface area contributed by atoms with Gasteiger partial charge in [0.25, 0.3) is 0 Å². The van der Waals surface area contributed by atoms with E-state index in [1.54, 1.807) is 6.20 Å². The standard InChI is InChI=1S/C13H18N4O/c14-13-15-6-5-11(16-13)10-7-17(8-10)12(18)9-3-1-2-4-9/h5-6,9-10H,1-4,7-8H2,(H2,14,15,16). The Morgan fingerprint density at radius 3 is 2.72 bits per heavy atom. The third-order valence-electron chi connectivity index (χ3n) is 4.01. The molecule has 96 valence electrons. The summed E-state index contributed by atoms with van der Waals surface area (Å²) in [4.78, 5) is 22.2. The number of aromatic nitrogens is 2. The van der Waals surface area contributed by atoms with Crippen LogP contribution in [0, 0.1) is 5.92 Å². The monoisotopic (exact) mass is 246 g/mol. The van der Waals surface area contributed by atoms with Crippen molar-refractivity contribution in [2.45, 2.75) is 31.6 Å². The second kappa shape index (κ2) is 4.55. The summed E-state index contributed by atoms with van der Waals surface area (Å²) in [6.45, 7) is 1.57. The van der Waals surface area contributed by atoms with Crippen molar-refractivity contribution in [1.82, 2.24) is 14.9 Å². The average molecular weight is 246 g/mol. The molecular weight excluding hydrogens is 228 g/mol. The number of nitrogen functional groups attached to an aromatic ring is 1. The van der Waals surface area contributed by atoms with Crippen LogP contribution >= 0.6 is 0 Å². The van der Waals surface area contributed by atoms with Gasteiger partial charge in [-0.2, -0.15) is 0 Å². The molecule has 2 aliphatic rings. The molecule has 1 aliphatic heterocycles. The molecule has 0 spiro atoms. The Morgan fingerprint density at radius 2 is 2.06 bits per heavy atom. The number of carbonyl (C=O) groups excluding carboxylic acids is 1. The van der Waals surface area contributed by atoms with Crippen LogP contribution in [0.5, 0.6) is 0 Å². The number of anilines is 1. The molecule has 2 N–H and O–H groups in total. The fraction of sp³-hybridized carbons (Fsp3) is 0.615. The lowest BCUT2D eigenvalue weighted by atomic mass is 9.93. The van der Waals surface area contributed by atoms with Crippen LogP contribution in [0.2, 0.25) is 0 Å². The van der Waals surface area contributed by atoms with Gasteiger partial charge in [-0.1, -0.05) is 12.8 Å². The predicted octanol–water partition coefficient (Wildman–Crippen LogP) is 1.17. The number of nitrogens with two attached hydrogens (primary N) is 1. The highest BCUT2D eigenvalue weighted by atomic mass is 16.2. The van der Waals surface area contributed by atoms with E-state index in [0.717, 1.165) is 31.6 Å². The van der Waals surface area contributed by atoms with Crippen LogP contribution in [0.3, 0.4) is 0 Å². The van der Waals surface area contributed by atoms with Crippen LogP contribution in [-0.4, -0.2) is 33.9 Å². The Labute approximate surface area is 106 Å². The molecule has 0 atom stereocenters. The van der Waals surface area contributed by atoms with E-state index in [9.17, 15) is 4.79 Å². The van der Waals surface area contributed by atoms with Gasteiger partial charge in [-0.25, -0.2) is 9.97 Å². The number of carbonyl (C=O) groups is 1. The van der Waals surface area contributed by atoms with E-state index >= 15 is 0 Å². The molecule has 2 heterocycles. The highest BCUT2D eigenvalue weighted by Gasteiger charge is 2.36. The number of amides is 1. The molecule has 0 radical (unpaired) electrons. The summed E-state index contributed by atoms with van der Waals surface area (Å²) in [5, 5.41) is 0. The minimum absolute atomic E-state index is 0.279. The van der Waals surface area contributed by atoms with Crippen LogP contribution in [0.1, 0.15) is 37.3 Å². The average Bonchev–Trinajstić information content (AvgIpc) is 2.80. The second-order valence-electron chi connectivity index (χ2n) is 5.26. The highest BCUT2D eigenvalue weighted by Crippen LogP contribution is 2.32. The van der Waals surface area contributed by atoms with E-state index in [-0.39, 0.29) is 5.92 Å². The van der Waals surface area contributed by atoms with Gasteiger partial charge in [0.05, 0.1) is 5.69 Å². The van der Waals surface area contributed by atoms with Gasteiger partial charge in [-0.3, -0.25) is 4.79 Å². The summed E-state index contributed by atoms with van der Waals surface area (Å²) in [5.41, 5.74) is 6.52. The molecule has 3 rings (SSSR count). The van der Waals surface area contributed by atoms with E-state index in [0.29, 0.717) is 17.8 Å². The van der Waals surface area contributed by atoms with Gasteiger partial charge in [-0.05, 0) is 18.9 Å². The summed E-state index contributed by atoms with van der Waals surface area (Å²) in [6.07, 6.45) is 6.23. The van der Waals surface area contributed by atoms with Crippen molar-refractivity contribution < 1.29 is 4.79 Å². The Kier molecular flexibility index (Phi) is 2.89. The van der Waals surface area contributed by atoms with Gasteiger partial charge in [0.2, 0.25) is 11.9 Å². The summed E-state index contributed by atoms with van der Waals surface area (Å²) in [7, 11) is 0. The fourth-order valence-electron chi connectivity index (χ4n) is 2.89. The molecule has 1 aromatic rings. The van der Waals surface area contributed by atoms with Gasteiger partial charge in [-0.15, -0.1) is 0 Å². The van der Waals surface area contributed by atoms with Crippen molar-refractivity contribution in [2.75, 3.05) is 18.8 Å². The van der Waals surface area contributed by atoms with Crippen LogP contribution in [0.15, 0.2) is 12.3 Å². The third-order valence-corrected chi connectivity index (χ3v) is 4.01. The summed E-state index contributed by atoms with van der Waals surface area (Å²) in [5.74, 6) is 1.26. The molecule has 1 saturated carbocycles. The van der Waals surface area contributed by atoms with Gasteiger partial charge < -0.3 is 10.6 Å². The zero-order chi connectivity index (χ0) is 12.5. The molecule has 2 fully saturated rings. The highest BCUT2D eigenvalue weighted by molar-refractivity contribution is 5.80. The van der Waals surface area contributed by atoms with Crippen molar-refractivity contribution >= 4 is 11.9 Å². The van der Waals surface area contributed by atoms with Gasteiger partial charge in [0.1, 0.15) is 0 Å². The van der Waals surface area contributed by atoms with Crippen molar-refractivity contribution in [1.29, 1.82) is 0 Å². The van der Waals surface area contributed by atoms with Crippen LogP contribution in [0.25, 0.3) is 0 Å². The molecule has 1 amide bonds. The van der Waals surface area contributed by atoms with Gasteiger partial charge in [0, 0.05) is 31.1 Å². The Hall–Kier alpha value is -1.65. The summed E-state index contributed by atoms with van der Waals surface area (Å²) >= 11 is 0. The Bertz CT molecular complexity index is 450. The normalized spacial score (nSPS) is 21.0. The molecule has 5 heteroatoms. The summed E-state index contributed by atoms with van der Waals surface area (Å²) in [6, 6.07) is 1.89. The second-order valence-corrected chi connectivity index (χ2v) is 5.26. The minimum atomic E-state index is 0.279. The number of hydrogen-bond acceptors (Lipinski definition) is 4. The molecule has 18 heavy (non-hydrogen) atoms. The maximum atomic E-state index is 12.1. The molecule has 0 bridgehead atoms. The van der Waals surface area contributed by atoms with E-state index in [1.807, 2.05) is 11.0 Å². The molecule has 0 unspecified atom stereocenters. The van der Waals surface area contributed by atoms with Crippen molar-refractivity contribution in [3.8, 4) is 0 Å². The molecular formula is C13H18N4O. The molecule has 1 aromatic heterocycles. The zero-order valence-electron chi connectivity index (χ0n) is 10.4. The number of rotatable bonds is 2. The maximum Gasteiger partial charge on any atom is 0.225 e. The SMILES string of the molecule is Nc1nccc(C2CN(C(=O)C3CCCC3)C2)n1. The number of likely N-dealkylation sites (tertiary alicyclic amines) is 1. The maximum absolute atomic E-state index is 12.1.